The molecule has 1 aromatic heterocycles. The Morgan fingerprint density at radius 1 is 1.50 bits per heavy atom. The average molecular weight is 344 g/mol. The van der Waals surface area contributed by atoms with Crippen LogP contribution in [0.4, 0.5) is 4.79 Å². The van der Waals surface area contributed by atoms with Gasteiger partial charge in [-0.25, -0.2) is 4.79 Å². The maximum Gasteiger partial charge on any atom is 0.410 e. The molecule has 0 radical (unpaired) electrons. The zero-order chi connectivity index (χ0) is 14.9. The minimum Gasteiger partial charge on any atom is -0.444 e. The molecule has 1 saturated heterocycles. The van der Waals surface area contributed by atoms with E-state index in [1.54, 1.807) is 4.90 Å². The number of aryl methyl sites for hydroxylation is 1. The molecule has 5 nitrogen and oxygen atoms in total. The summed E-state index contributed by atoms with van der Waals surface area (Å²) in [6, 6.07) is 0. The lowest BCUT2D eigenvalue weighted by atomic mass is 9.95. The van der Waals surface area contributed by atoms with Crippen LogP contribution in [0.15, 0.2) is 10.7 Å². The van der Waals surface area contributed by atoms with Gasteiger partial charge in [0, 0.05) is 26.1 Å². The second-order valence-corrected chi connectivity index (χ2v) is 7.12. The highest BCUT2D eigenvalue weighted by molar-refractivity contribution is 9.10. The third-order valence-electron chi connectivity index (χ3n) is 3.40. The number of rotatable bonds is 1. The molecule has 0 spiro atoms. The number of piperidine rings is 1. The number of aromatic nitrogens is 2. The standard InChI is InChI=1S/C14H22BrN3O2/c1-14(2,3)20-13(19)18-7-5-6-10(9-18)12-11(15)8-16-17(12)4/h8,10H,5-7,9H2,1-4H3/t10-/m1/s1. The number of carbonyl (C=O) groups excluding carboxylic acids is 1. The highest BCUT2D eigenvalue weighted by Crippen LogP contribution is 2.32. The first-order valence-electron chi connectivity index (χ1n) is 6.93. The van der Waals surface area contributed by atoms with Gasteiger partial charge in [0.1, 0.15) is 5.60 Å². The van der Waals surface area contributed by atoms with E-state index in [-0.39, 0.29) is 6.09 Å². The van der Waals surface area contributed by atoms with Crippen molar-refractivity contribution in [1.82, 2.24) is 14.7 Å². The lowest BCUT2D eigenvalue weighted by molar-refractivity contribution is 0.0196. The third-order valence-corrected chi connectivity index (χ3v) is 4.01. The first-order chi connectivity index (χ1) is 9.28. The lowest BCUT2D eigenvalue weighted by Gasteiger charge is -2.34. The van der Waals surface area contributed by atoms with Gasteiger partial charge in [-0.3, -0.25) is 4.68 Å². The second kappa shape index (κ2) is 5.76. The van der Waals surface area contributed by atoms with Gasteiger partial charge in [0.15, 0.2) is 0 Å². The van der Waals surface area contributed by atoms with Crippen LogP contribution in [-0.2, 0) is 11.8 Å². The first kappa shape index (κ1) is 15.4. The molecule has 0 bridgehead atoms. The zero-order valence-corrected chi connectivity index (χ0v) is 14.1. The van der Waals surface area contributed by atoms with E-state index in [4.69, 9.17) is 4.74 Å². The normalized spacial score (nSPS) is 20.1. The van der Waals surface area contributed by atoms with Gasteiger partial charge in [-0.2, -0.15) is 5.10 Å². The molecule has 0 aromatic carbocycles. The summed E-state index contributed by atoms with van der Waals surface area (Å²) in [5, 5.41) is 4.26. The molecule has 112 valence electrons. The number of carbonyl (C=O) groups is 1. The molecule has 0 aliphatic carbocycles. The van der Waals surface area contributed by atoms with Crippen molar-refractivity contribution in [1.29, 1.82) is 0 Å². The van der Waals surface area contributed by atoms with E-state index < -0.39 is 5.60 Å². The number of nitrogens with zero attached hydrogens (tertiary/aromatic N) is 3. The monoisotopic (exact) mass is 343 g/mol. The van der Waals surface area contributed by atoms with Crippen LogP contribution in [-0.4, -0.2) is 39.5 Å². The Morgan fingerprint density at radius 2 is 2.20 bits per heavy atom. The molecule has 1 atom stereocenters. The summed E-state index contributed by atoms with van der Waals surface area (Å²) in [5.74, 6) is 0.304. The van der Waals surface area contributed by atoms with Crippen LogP contribution >= 0.6 is 15.9 Å². The van der Waals surface area contributed by atoms with Crippen molar-refractivity contribution >= 4 is 22.0 Å². The Labute approximate surface area is 128 Å². The van der Waals surface area contributed by atoms with Crippen molar-refractivity contribution in [2.45, 2.75) is 45.1 Å². The van der Waals surface area contributed by atoms with Crippen LogP contribution in [0.1, 0.15) is 45.2 Å². The van der Waals surface area contributed by atoms with E-state index >= 15 is 0 Å². The van der Waals surface area contributed by atoms with Crippen LogP contribution in [0.2, 0.25) is 0 Å². The van der Waals surface area contributed by atoms with E-state index in [1.165, 1.54) is 0 Å². The number of likely N-dealkylation sites (tertiary alicyclic amines) is 1. The number of amides is 1. The van der Waals surface area contributed by atoms with Crippen LogP contribution in [0.25, 0.3) is 0 Å². The third kappa shape index (κ3) is 3.53. The predicted octanol–water partition coefficient (Wildman–Crippen LogP) is 3.30. The van der Waals surface area contributed by atoms with Crippen molar-refractivity contribution in [3.8, 4) is 0 Å². The fourth-order valence-corrected chi connectivity index (χ4v) is 3.24. The fraction of sp³-hybridized carbons (Fsp3) is 0.714. The first-order valence-corrected chi connectivity index (χ1v) is 7.72. The highest BCUT2D eigenvalue weighted by Gasteiger charge is 2.30. The molecule has 1 amide bonds. The van der Waals surface area contributed by atoms with E-state index in [1.807, 2.05) is 38.7 Å². The lowest BCUT2D eigenvalue weighted by Crippen LogP contribution is -2.42. The van der Waals surface area contributed by atoms with Gasteiger partial charge < -0.3 is 9.64 Å². The molecule has 0 unspecified atom stereocenters. The van der Waals surface area contributed by atoms with Crippen molar-refractivity contribution in [3.63, 3.8) is 0 Å². The molecule has 1 fully saturated rings. The average Bonchev–Trinajstić information content (AvgIpc) is 2.67. The fourth-order valence-electron chi connectivity index (χ4n) is 2.57. The number of ether oxygens (including phenoxy) is 1. The highest BCUT2D eigenvalue weighted by atomic mass is 79.9. The van der Waals surface area contributed by atoms with Crippen molar-refractivity contribution < 1.29 is 9.53 Å². The maximum absolute atomic E-state index is 12.2. The minimum absolute atomic E-state index is 0.222. The van der Waals surface area contributed by atoms with Crippen LogP contribution in [0, 0.1) is 0 Å². The molecule has 6 heteroatoms. The smallest absolute Gasteiger partial charge is 0.410 e. The predicted molar refractivity (Wildman–Crippen MR) is 80.7 cm³/mol. The van der Waals surface area contributed by atoms with Crippen LogP contribution in [0.5, 0.6) is 0 Å². The van der Waals surface area contributed by atoms with Gasteiger partial charge in [0.2, 0.25) is 0 Å². The topological polar surface area (TPSA) is 47.4 Å². The van der Waals surface area contributed by atoms with Crippen molar-refractivity contribution in [3.05, 3.63) is 16.4 Å². The molecule has 1 aromatic rings. The van der Waals surface area contributed by atoms with Crippen molar-refractivity contribution in [2.24, 2.45) is 7.05 Å². The van der Waals surface area contributed by atoms with Crippen LogP contribution < -0.4 is 0 Å². The van der Waals surface area contributed by atoms with Gasteiger partial charge in [-0.15, -0.1) is 0 Å². The van der Waals surface area contributed by atoms with Crippen molar-refractivity contribution in [2.75, 3.05) is 13.1 Å². The van der Waals surface area contributed by atoms with E-state index in [0.29, 0.717) is 12.5 Å². The van der Waals surface area contributed by atoms with E-state index in [2.05, 4.69) is 21.0 Å². The van der Waals surface area contributed by atoms with Gasteiger partial charge in [0.05, 0.1) is 16.4 Å². The molecular weight excluding hydrogens is 322 g/mol. The SMILES string of the molecule is Cn1ncc(Br)c1[C@@H]1CCCN(C(=O)OC(C)(C)C)C1. The van der Waals surface area contributed by atoms with Gasteiger partial charge in [-0.05, 0) is 49.5 Å². The second-order valence-electron chi connectivity index (χ2n) is 6.27. The Bertz CT molecular complexity index is 474. The Balaban J connectivity index is 2.08. The summed E-state index contributed by atoms with van der Waals surface area (Å²) in [4.78, 5) is 14.0. The van der Waals surface area contributed by atoms with Gasteiger partial charge >= 0.3 is 6.09 Å². The summed E-state index contributed by atoms with van der Waals surface area (Å²) in [5.41, 5.74) is 0.704. The van der Waals surface area contributed by atoms with Crippen LogP contribution in [0.3, 0.4) is 0 Å². The number of halogens is 1. The Kier molecular flexibility index (Phi) is 4.42. The Morgan fingerprint density at radius 3 is 2.75 bits per heavy atom. The summed E-state index contributed by atoms with van der Waals surface area (Å²) in [6.07, 6.45) is 3.64. The summed E-state index contributed by atoms with van der Waals surface area (Å²) in [7, 11) is 1.94. The molecule has 1 aliphatic heterocycles. The van der Waals surface area contributed by atoms with Gasteiger partial charge in [0.25, 0.3) is 0 Å². The zero-order valence-electron chi connectivity index (χ0n) is 12.5. The number of hydrogen-bond donors (Lipinski definition) is 0. The molecule has 0 N–H and O–H groups in total. The molecular formula is C14H22BrN3O2. The summed E-state index contributed by atoms with van der Waals surface area (Å²) < 4.78 is 8.35. The molecule has 2 heterocycles. The molecule has 2 rings (SSSR count). The van der Waals surface area contributed by atoms with E-state index in [0.717, 1.165) is 29.6 Å². The Hall–Kier alpha value is -1.04. The number of hydrogen-bond acceptors (Lipinski definition) is 3. The summed E-state index contributed by atoms with van der Waals surface area (Å²) in [6.45, 7) is 7.13. The quantitative estimate of drug-likeness (QED) is 0.785. The minimum atomic E-state index is -0.447. The summed E-state index contributed by atoms with van der Waals surface area (Å²) >= 11 is 3.54. The van der Waals surface area contributed by atoms with E-state index in [9.17, 15) is 4.79 Å². The largest absolute Gasteiger partial charge is 0.444 e. The molecule has 0 saturated carbocycles. The maximum atomic E-state index is 12.2. The molecule has 1 aliphatic rings. The molecule has 20 heavy (non-hydrogen) atoms. The van der Waals surface area contributed by atoms with Gasteiger partial charge in [-0.1, -0.05) is 0 Å².